The highest BCUT2D eigenvalue weighted by atomic mass is 16.5. The first kappa shape index (κ1) is 25.2. The van der Waals surface area contributed by atoms with E-state index in [0.29, 0.717) is 30.0 Å². The van der Waals surface area contributed by atoms with Crippen LogP contribution in [0.5, 0.6) is 0 Å². The van der Waals surface area contributed by atoms with E-state index >= 15 is 0 Å². The van der Waals surface area contributed by atoms with Crippen molar-refractivity contribution in [1.29, 1.82) is 0 Å². The number of aryl methyl sites for hydroxylation is 1. The lowest BCUT2D eigenvalue weighted by Crippen LogP contribution is -2.41. The third-order valence-corrected chi connectivity index (χ3v) is 6.26. The van der Waals surface area contributed by atoms with Crippen LogP contribution in [-0.2, 0) is 14.3 Å². The lowest BCUT2D eigenvalue weighted by atomic mass is 10.1. The number of pyridine rings is 1. The number of hydrogen-bond acceptors (Lipinski definition) is 6. The van der Waals surface area contributed by atoms with Crippen molar-refractivity contribution in [2.75, 3.05) is 43.0 Å². The Morgan fingerprint density at radius 3 is 2.53 bits per heavy atom. The largest absolute Gasteiger partial charge is 0.452 e. The highest BCUT2D eigenvalue weighted by Crippen LogP contribution is 2.27. The highest BCUT2D eigenvalue weighted by molar-refractivity contribution is 6.00. The molecule has 0 aliphatic carbocycles. The normalized spacial score (nSPS) is 13.0. The van der Waals surface area contributed by atoms with Gasteiger partial charge >= 0.3 is 5.97 Å². The van der Waals surface area contributed by atoms with Crippen molar-refractivity contribution < 1.29 is 19.1 Å². The summed E-state index contributed by atoms with van der Waals surface area (Å²) in [6, 6.07) is 16.9. The lowest BCUT2D eigenvalue weighted by molar-refractivity contribution is -0.137. The third-order valence-electron chi connectivity index (χ3n) is 6.26. The zero-order valence-corrected chi connectivity index (χ0v) is 20.8. The monoisotopic (exact) mass is 488 g/mol. The van der Waals surface area contributed by atoms with Crippen LogP contribution in [0.1, 0.15) is 42.1 Å². The minimum atomic E-state index is -0.593. The number of benzene rings is 2. The van der Waals surface area contributed by atoms with Gasteiger partial charge < -0.3 is 19.9 Å². The number of amides is 2. The van der Waals surface area contributed by atoms with Crippen LogP contribution < -0.4 is 10.2 Å². The van der Waals surface area contributed by atoms with E-state index in [4.69, 9.17) is 9.72 Å². The van der Waals surface area contributed by atoms with Crippen LogP contribution in [0.3, 0.4) is 0 Å². The van der Waals surface area contributed by atoms with Crippen molar-refractivity contribution in [3.05, 3.63) is 65.7 Å². The molecule has 8 nitrogen and oxygen atoms in total. The average Bonchev–Trinajstić information content (AvgIpc) is 3.42. The fourth-order valence-corrected chi connectivity index (χ4v) is 4.36. The quantitative estimate of drug-likeness (QED) is 0.455. The van der Waals surface area contributed by atoms with Crippen molar-refractivity contribution in [3.63, 3.8) is 0 Å². The predicted octanol–water partition coefficient (Wildman–Crippen LogP) is 4.18. The molecule has 0 saturated carbocycles. The van der Waals surface area contributed by atoms with Crippen LogP contribution in [0.2, 0.25) is 0 Å². The molecule has 1 fully saturated rings. The van der Waals surface area contributed by atoms with Crippen molar-refractivity contribution in [2.24, 2.45) is 0 Å². The van der Waals surface area contributed by atoms with Gasteiger partial charge in [0.1, 0.15) is 11.4 Å². The summed E-state index contributed by atoms with van der Waals surface area (Å²) in [5, 5.41) is 3.68. The summed E-state index contributed by atoms with van der Waals surface area (Å²) < 4.78 is 5.46. The summed E-state index contributed by atoms with van der Waals surface area (Å²) in [4.78, 5) is 46.9. The van der Waals surface area contributed by atoms with Crippen LogP contribution in [0.25, 0.3) is 10.9 Å². The molecular weight excluding hydrogens is 456 g/mol. The van der Waals surface area contributed by atoms with Crippen molar-refractivity contribution in [3.8, 4) is 0 Å². The summed E-state index contributed by atoms with van der Waals surface area (Å²) in [5.41, 5.74) is 2.80. The molecule has 1 aliphatic rings. The van der Waals surface area contributed by atoms with E-state index < -0.39 is 18.5 Å². The third kappa shape index (κ3) is 6.00. The number of carbonyl (C=O) groups excluding carboxylic acids is 3. The Bertz CT molecular complexity index is 1250. The van der Waals surface area contributed by atoms with Crippen LogP contribution in [0.4, 0.5) is 11.5 Å². The van der Waals surface area contributed by atoms with E-state index in [9.17, 15) is 14.4 Å². The molecule has 1 aromatic heterocycles. The summed E-state index contributed by atoms with van der Waals surface area (Å²) in [5.74, 6) is -0.718. The molecule has 0 radical (unpaired) electrons. The first-order chi connectivity index (χ1) is 17.5. The number of carbonyl (C=O) groups is 3. The van der Waals surface area contributed by atoms with Gasteiger partial charge in [-0.1, -0.05) is 43.3 Å². The second kappa shape index (κ2) is 11.7. The Labute approximate surface area is 211 Å². The fraction of sp³-hybridized carbons (Fsp3) is 0.357. The molecule has 0 bridgehead atoms. The number of anilines is 2. The molecule has 1 saturated heterocycles. The van der Waals surface area contributed by atoms with Gasteiger partial charge in [0, 0.05) is 30.7 Å². The van der Waals surface area contributed by atoms with E-state index in [2.05, 4.69) is 10.2 Å². The van der Waals surface area contributed by atoms with Crippen LogP contribution >= 0.6 is 0 Å². The second-order valence-corrected chi connectivity index (χ2v) is 9.00. The van der Waals surface area contributed by atoms with Gasteiger partial charge in [-0.25, -0.2) is 9.78 Å². The molecule has 3 aromatic rings. The maximum absolute atomic E-state index is 13.1. The minimum absolute atomic E-state index is 0.116. The molecule has 0 atom stereocenters. The number of hydrogen-bond donors (Lipinski definition) is 1. The van der Waals surface area contributed by atoms with Gasteiger partial charge in [0.2, 0.25) is 5.91 Å². The number of para-hydroxylation sites is 2. The number of fused-ring (bicyclic) bond motifs is 1. The van der Waals surface area contributed by atoms with E-state index in [0.717, 1.165) is 42.4 Å². The SMILES string of the molecule is CCCN(CC(=O)Nc1ccccc1C)C(=O)COC(=O)c1cc2ccccc2nc1N1CCCC1. The summed E-state index contributed by atoms with van der Waals surface area (Å²) in [6.45, 7) is 5.30. The van der Waals surface area contributed by atoms with Gasteiger partial charge in [-0.3, -0.25) is 9.59 Å². The molecule has 8 heteroatoms. The fourth-order valence-electron chi connectivity index (χ4n) is 4.36. The molecular formula is C28H32N4O4. The number of nitrogens with zero attached hydrogens (tertiary/aromatic N) is 3. The first-order valence-corrected chi connectivity index (χ1v) is 12.4. The zero-order chi connectivity index (χ0) is 25.5. The molecule has 0 spiro atoms. The van der Waals surface area contributed by atoms with Crippen molar-refractivity contribution in [1.82, 2.24) is 9.88 Å². The molecule has 1 aliphatic heterocycles. The molecule has 2 aromatic carbocycles. The molecule has 36 heavy (non-hydrogen) atoms. The maximum Gasteiger partial charge on any atom is 0.342 e. The Morgan fingerprint density at radius 1 is 1.06 bits per heavy atom. The molecule has 4 rings (SSSR count). The van der Waals surface area contributed by atoms with E-state index in [1.165, 1.54) is 4.90 Å². The summed E-state index contributed by atoms with van der Waals surface area (Å²) in [7, 11) is 0. The highest BCUT2D eigenvalue weighted by Gasteiger charge is 2.25. The number of esters is 1. The molecule has 2 amide bonds. The minimum Gasteiger partial charge on any atom is -0.452 e. The predicted molar refractivity (Wildman–Crippen MR) is 140 cm³/mol. The Hall–Kier alpha value is -3.94. The Balaban J connectivity index is 1.44. The molecule has 1 N–H and O–H groups in total. The smallest absolute Gasteiger partial charge is 0.342 e. The summed E-state index contributed by atoms with van der Waals surface area (Å²) in [6.07, 6.45) is 2.75. The Kier molecular flexibility index (Phi) is 8.15. The number of ether oxygens (including phenoxy) is 1. The van der Waals surface area contributed by atoms with E-state index in [1.807, 2.05) is 62.4 Å². The molecule has 0 unspecified atom stereocenters. The maximum atomic E-state index is 13.1. The number of nitrogens with one attached hydrogen (secondary N) is 1. The van der Waals surface area contributed by atoms with Crippen molar-refractivity contribution in [2.45, 2.75) is 33.1 Å². The van der Waals surface area contributed by atoms with E-state index in [-0.39, 0.29) is 12.5 Å². The molecule has 2 heterocycles. The second-order valence-electron chi connectivity index (χ2n) is 9.00. The number of aromatic nitrogens is 1. The zero-order valence-electron chi connectivity index (χ0n) is 20.8. The van der Waals surface area contributed by atoms with Gasteiger partial charge in [-0.15, -0.1) is 0 Å². The summed E-state index contributed by atoms with van der Waals surface area (Å²) >= 11 is 0. The van der Waals surface area contributed by atoms with Gasteiger partial charge in [0.05, 0.1) is 12.1 Å². The topological polar surface area (TPSA) is 91.8 Å². The lowest BCUT2D eigenvalue weighted by Gasteiger charge is -2.22. The van der Waals surface area contributed by atoms with Gasteiger partial charge in [-0.05, 0) is 49.9 Å². The van der Waals surface area contributed by atoms with Gasteiger partial charge in [0.25, 0.3) is 5.91 Å². The Morgan fingerprint density at radius 2 is 1.78 bits per heavy atom. The van der Waals surface area contributed by atoms with Crippen LogP contribution in [0, 0.1) is 6.92 Å². The van der Waals surface area contributed by atoms with Crippen LogP contribution in [-0.4, -0.2) is 60.5 Å². The van der Waals surface area contributed by atoms with Crippen molar-refractivity contribution >= 4 is 40.2 Å². The van der Waals surface area contributed by atoms with E-state index in [1.54, 1.807) is 6.07 Å². The average molecular weight is 489 g/mol. The van der Waals surface area contributed by atoms with Gasteiger partial charge in [-0.2, -0.15) is 0 Å². The molecule has 188 valence electrons. The van der Waals surface area contributed by atoms with Gasteiger partial charge in [0.15, 0.2) is 6.61 Å². The van der Waals surface area contributed by atoms with Crippen LogP contribution in [0.15, 0.2) is 54.6 Å². The standard InChI is InChI=1S/C28H32N4O4/c1-3-14-32(18-25(33)29-23-12-6-4-10-20(23)2)26(34)19-36-28(35)22-17-21-11-5-7-13-24(21)30-27(22)31-15-8-9-16-31/h4-7,10-13,17H,3,8-9,14-16,18-19H2,1-2H3,(H,29,33). The number of rotatable bonds is 9. The first-order valence-electron chi connectivity index (χ1n) is 12.4.